The van der Waals surface area contributed by atoms with Crippen LogP contribution in [0.1, 0.15) is 38.5 Å². The van der Waals surface area contributed by atoms with Gasteiger partial charge in [-0.3, -0.25) is 19.4 Å². The third kappa shape index (κ3) is 5.37. The van der Waals surface area contributed by atoms with Gasteiger partial charge in [0.15, 0.2) is 0 Å². The zero-order valence-corrected chi connectivity index (χ0v) is 19.2. The topological polar surface area (TPSA) is 80.5 Å². The zero-order valence-electron chi connectivity index (χ0n) is 19.2. The second-order valence-corrected chi connectivity index (χ2v) is 9.42. The Labute approximate surface area is 194 Å². The minimum absolute atomic E-state index is 0.0294. The SMILES string of the molecule is O=C(CN1CCCCC1)Nc1ccc2[nH]c3ccc(NC(=O)CN4CCCCC4)cc3c2c1. The number of amides is 2. The van der Waals surface area contributed by atoms with Crippen LogP contribution in [0.3, 0.4) is 0 Å². The summed E-state index contributed by atoms with van der Waals surface area (Å²) in [4.78, 5) is 33.0. The molecule has 0 bridgehead atoms. The summed E-state index contributed by atoms with van der Waals surface area (Å²) in [7, 11) is 0. The Morgan fingerprint density at radius 3 is 1.52 bits per heavy atom. The van der Waals surface area contributed by atoms with Crippen LogP contribution in [0.4, 0.5) is 11.4 Å². The van der Waals surface area contributed by atoms with E-state index in [9.17, 15) is 9.59 Å². The van der Waals surface area contributed by atoms with E-state index in [0.717, 1.165) is 59.4 Å². The molecule has 0 unspecified atom stereocenters. The summed E-state index contributed by atoms with van der Waals surface area (Å²) in [6.07, 6.45) is 7.21. The first-order valence-electron chi connectivity index (χ1n) is 12.2. The molecule has 2 aliphatic rings. The van der Waals surface area contributed by atoms with Crippen molar-refractivity contribution in [3.05, 3.63) is 36.4 Å². The van der Waals surface area contributed by atoms with Gasteiger partial charge in [-0.15, -0.1) is 0 Å². The maximum atomic E-state index is 12.5. The van der Waals surface area contributed by atoms with Gasteiger partial charge in [0.2, 0.25) is 11.8 Å². The van der Waals surface area contributed by atoms with Crippen LogP contribution in [0.25, 0.3) is 21.8 Å². The van der Waals surface area contributed by atoms with Crippen molar-refractivity contribution < 1.29 is 9.59 Å². The van der Waals surface area contributed by atoms with E-state index in [4.69, 9.17) is 0 Å². The van der Waals surface area contributed by atoms with Gasteiger partial charge in [-0.1, -0.05) is 12.8 Å². The molecule has 1 aromatic heterocycles. The lowest BCUT2D eigenvalue weighted by atomic mass is 10.1. The number of H-pyrrole nitrogens is 1. The molecule has 3 N–H and O–H groups in total. The highest BCUT2D eigenvalue weighted by Gasteiger charge is 2.16. The number of benzene rings is 2. The third-order valence-corrected chi connectivity index (χ3v) is 6.80. The number of nitrogens with zero attached hydrogens (tertiary/aromatic N) is 2. The highest BCUT2D eigenvalue weighted by atomic mass is 16.2. The lowest BCUT2D eigenvalue weighted by molar-refractivity contribution is -0.118. The highest BCUT2D eigenvalue weighted by Crippen LogP contribution is 2.30. The van der Waals surface area contributed by atoms with E-state index in [-0.39, 0.29) is 11.8 Å². The molecule has 3 aromatic rings. The number of aromatic amines is 1. The van der Waals surface area contributed by atoms with Crippen LogP contribution < -0.4 is 10.6 Å². The first kappa shape index (κ1) is 21.9. The Hall–Kier alpha value is -2.90. The van der Waals surface area contributed by atoms with Gasteiger partial charge in [-0.25, -0.2) is 0 Å². The lowest BCUT2D eigenvalue weighted by Gasteiger charge is -2.25. The average Bonchev–Trinajstić information content (AvgIpc) is 3.17. The van der Waals surface area contributed by atoms with Crippen LogP contribution in [0.2, 0.25) is 0 Å². The van der Waals surface area contributed by atoms with Crippen molar-refractivity contribution in [2.24, 2.45) is 0 Å². The predicted molar refractivity (Wildman–Crippen MR) is 134 cm³/mol. The Morgan fingerprint density at radius 2 is 1.09 bits per heavy atom. The Morgan fingerprint density at radius 1 is 0.667 bits per heavy atom. The lowest BCUT2D eigenvalue weighted by Crippen LogP contribution is -2.36. The summed E-state index contributed by atoms with van der Waals surface area (Å²) in [5.41, 5.74) is 3.61. The molecule has 3 heterocycles. The van der Waals surface area contributed by atoms with Crippen LogP contribution >= 0.6 is 0 Å². The largest absolute Gasteiger partial charge is 0.355 e. The molecule has 0 atom stereocenters. The fraction of sp³-hybridized carbons (Fsp3) is 0.462. The molecule has 7 heteroatoms. The molecule has 0 radical (unpaired) electrons. The number of carbonyl (C=O) groups excluding carboxylic acids is 2. The van der Waals surface area contributed by atoms with E-state index >= 15 is 0 Å². The minimum atomic E-state index is 0.0294. The predicted octanol–water partition coefficient (Wildman–Crippen LogP) is 4.17. The third-order valence-electron chi connectivity index (χ3n) is 6.80. The van der Waals surface area contributed by atoms with Crippen LogP contribution in [0.5, 0.6) is 0 Å². The molecule has 0 aliphatic carbocycles. The van der Waals surface area contributed by atoms with E-state index in [0.29, 0.717) is 13.1 Å². The van der Waals surface area contributed by atoms with Gasteiger partial charge in [0.05, 0.1) is 13.1 Å². The molecule has 174 valence electrons. The van der Waals surface area contributed by atoms with Gasteiger partial charge in [-0.2, -0.15) is 0 Å². The van der Waals surface area contributed by atoms with Crippen LogP contribution in [-0.4, -0.2) is 65.9 Å². The zero-order chi connectivity index (χ0) is 22.6. The average molecular weight is 448 g/mol. The van der Waals surface area contributed by atoms with E-state index in [1.807, 2.05) is 36.4 Å². The van der Waals surface area contributed by atoms with Gasteiger partial charge >= 0.3 is 0 Å². The smallest absolute Gasteiger partial charge is 0.238 e. The van der Waals surface area contributed by atoms with Gasteiger partial charge < -0.3 is 15.6 Å². The van der Waals surface area contributed by atoms with Crippen molar-refractivity contribution in [2.75, 3.05) is 49.9 Å². The quantitative estimate of drug-likeness (QED) is 0.530. The second kappa shape index (κ2) is 9.93. The number of hydrogen-bond donors (Lipinski definition) is 3. The summed E-state index contributed by atoms with van der Waals surface area (Å²) < 4.78 is 0. The van der Waals surface area contributed by atoms with E-state index in [1.54, 1.807) is 0 Å². The summed E-state index contributed by atoms with van der Waals surface area (Å²) in [6.45, 7) is 4.89. The number of rotatable bonds is 6. The minimum Gasteiger partial charge on any atom is -0.355 e. The number of aromatic nitrogens is 1. The number of likely N-dealkylation sites (tertiary alicyclic amines) is 2. The Kier molecular flexibility index (Phi) is 6.60. The van der Waals surface area contributed by atoms with Crippen molar-refractivity contribution in [2.45, 2.75) is 38.5 Å². The van der Waals surface area contributed by atoms with E-state index < -0.39 is 0 Å². The van der Waals surface area contributed by atoms with E-state index in [2.05, 4.69) is 25.4 Å². The maximum Gasteiger partial charge on any atom is 0.238 e. The van der Waals surface area contributed by atoms with Crippen LogP contribution in [0, 0.1) is 0 Å². The molecule has 2 aromatic carbocycles. The molecular weight excluding hydrogens is 414 g/mol. The molecule has 2 amide bonds. The molecule has 2 saturated heterocycles. The number of fused-ring (bicyclic) bond motifs is 3. The molecule has 2 aliphatic heterocycles. The number of hydrogen-bond acceptors (Lipinski definition) is 4. The van der Waals surface area contributed by atoms with Gasteiger partial charge in [0.25, 0.3) is 0 Å². The standard InChI is InChI=1S/C26H33N5O2/c32-25(17-30-11-3-1-4-12-30)27-19-7-9-23-21(15-19)22-16-20(8-10-24(22)29-23)28-26(33)18-31-13-5-2-6-14-31/h7-10,15-16,29H,1-6,11-14,17-18H2,(H,27,32)(H,28,33). The molecular formula is C26H33N5O2. The van der Waals surface area contributed by atoms with Crippen molar-refractivity contribution in [3.63, 3.8) is 0 Å². The maximum absolute atomic E-state index is 12.5. The summed E-state index contributed by atoms with van der Waals surface area (Å²) in [5, 5.41) is 8.19. The molecule has 0 saturated carbocycles. The fourth-order valence-corrected chi connectivity index (χ4v) is 5.10. The van der Waals surface area contributed by atoms with Crippen molar-refractivity contribution >= 4 is 45.0 Å². The molecule has 33 heavy (non-hydrogen) atoms. The summed E-state index contributed by atoms with van der Waals surface area (Å²) >= 11 is 0. The van der Waals surface area contributed by atoms with Crippen molar-refractivity contribution in [3.8, 4) is 0 Å². The monoisotopic (exact) mass is 447 g/mol. The Bertz CT molecular complexity index is 1050. The Balaban J connectivity index is 1.29. The van der Waals surface area contributed by atoms with Crippen molar-refractivity contribution in [1.29, 1.82) is 0 Å². The van der Waals surface area contributed by atoms with E-state index in [1.165, 1.54) is 38.5 Å². The summed E-state index contributed by atoms with van der Waals surface area (Å²) in [6, 6.07) is 11.9. The first-order valence-corrected chi connectivity index (χ1v) is 12.2. The number of piperidine rings is 2. The number of carbonyl (C=O) groups is 2. The van der Waals surface area contributed by atoms with Gasteiger partial charge in [0, 0.05) is 33.2 Å². The fourth-order valence-electron chi connectivity index (χ4n) is 5.10. The van der Waals surface area contributed by atoms with Gasteiger partial charge in [0.1, 0.15) is 0 Å². The second-order valence-electron chi connectivity index (χ2n) is 9.42. The number of nitrogens with one attached hydrogen (secondary N) is 3. The highest BCUT2D eigenvalue weighted by molar-refractivity contribution is 6.10. The molecule has 5 rings (SSSR count). The number of anilines is 2. The van der Waals surface area contributed by atoms with Crippen molar-refractivity contribution in [1.82, 2.24) is 14.8 Å². The first-order chi connectivity index (χ1) is 16.1. The van der Waals surface area contributed by atoms with Crippen LogP contribution in [0.15, 0.2) is 36.4 Å². The molecule has 7 nitrogen and oxygen atoms in total. The molecule has 2 fully saturated rings. The van der Waals surface area contributed by atoms with Gasteiger partial charge in [-0.05, 0) is 88.3 Å². The van der Waals surface area contributed by atoms with Crippen LogP contribution in [-0.2, 0) is 9.59 Å². The summed E-state index contributed by atoms with van der Waals surface area (Å²) in [5.74, 6) is 0.0588. The normalized spacial score (nSPS) is 17.9. The molecule has 0 spiro atoms.